The van der Waals surface area contributed by atoms with Crippen molar-refractivity contribution in [3.63, 3.8) is 0 Å². The van der Waals surface area contributed by atoms with Gasteiger partial charge in [-0.1, -0.05) is 11.6 Å². The first kappa shape index (κ1) is 16.7. The normalized spacial score (nSPS) is 28.1. The van der Waals surface area contributed by atoms with E-state index in [1.807, 2.05) is 11.8 Å². The van der Waals surface area contributed by atoms with E-state index in [0.29, 0.717) is 55.5 Å². The van der Waals surface area contributed by atoms with E-state index in [9.17, 15) is 9.59 Å². The Morgan fingerprint density at radius 1 is 1.44 bits per heavy atom. The van der Waals surface area contributed by atoms with E-state index in [1.165, 1.54) is 0 Å². The number of hydrogen-bond acceptors (Lipinski definition) is 4. The fraction of sp³-hybridized carbons (Fsp3) is 0.556. The van der Waals surface area contributed by atoms with Crippen molar-refractivity contribution in [2.45, 2.75) is 38.0 Å². The summed E-state index contributed by atoms with van der Waals surface area (Å²) < 4.78 is 11.5. The Morgan fingerprint density at radius 2 is 2.28 bits per heavy atom. The SMILES string of the molecule is CCOc1ccc(C(=O)N2CC[C@@]34OCCCN3C(=O)C[C@@H]24)cc1Cl. The summed E-state index contributed by atoms with van der Waals surface area (Å²) in [6.07, 6.45) is 1.85. The van der Waals surface area contributed by atoms with Crippen LogP contribution in [0.5, 0.6) is 5.75 Å². The lowest BCUT2D eigenvalue weighted by Gasteiger charge is -2.42. The van der Waals surface area contributed by atoms with E-state index in [1.54, 1.807) is 23.1 Å². The minimum Gasteiger partial charge on any atom is -0.492 e. The zero-order chi connectivity index (χ0) is 17.6. The number of rotatable bonds is 3. The molecule has 7 heteroatoms. The summed E-state index contributed by atoms with van der Waals surface area (Å²) in [5.74, 6) is 0.527. The van der Waals surface area contributed by atoms with Crippen LogP contribution in [0.25, 0.3) is 0 Å². The molecule has 0 N–H and O–H groups in total. The summed E-state index contributed by atoms with van der Waals surface area (Å²) >= 11 is 6.22. The maximum Gasteiger partial charge on any atom is 0.254 e. The number of carbonyl (C=O) groups excluding carboxylic acids is 2. The van der Waals surface area contributed by atoms with E-state index < -0.39 is 5.72 Å². The van der Waals surface area contributed by atoms with E-state index >= 15 is 0 Å². The molecule has 0 unspecified atom stereocenters. The predicted molar refractivity (Wildman–Crippen MR) is 91.7 cm³/mol. The third-order valence-electron chi connectivity index (χ3n) is 5.35. The Hall–Kier alpha value is -1.79. The maximum absolute atomic E-state index is 13.0. The largest absolute Gasteiger partial charge is 0.492 e. The monoisotopic (exact) mass is 364 g/mol. The molecule has 25 heavy (non-hydrogen) atoms. The van der Waals surface area contributed by atoms with Crippen LogP contribution >= 0.6 is 11.6 Å². The fourth-order valence-corrected chi connectivity index (χ4v) is 4.50. The van der Waals surface area contributed by atoms with Crippen molar-refractivity contribution in [2.24, 2.45) is 0 Å². The van der Waals surface area contributed by atoms with Crippen LogP contribution in [0, 0.1) is 0 Å². The third-order valence-corrected chi connectivity index (χ3v) is 5.65. The second-order valence-corrected chi connectivity index (χ2v) is 7.05. The van der Waals surface area contributed by atoms with E-state index in [4.69, 9.17) is 21.1 Å². The zero-order valence-corrected chi connectivity index (χ0v) is 14.9. The first-order valence-electron chi connectivity index (χ1n) is 8.74. The topological polar surface area (TPSA) is 59.1 Å². The van der Waals surface area contributed by atoms with Crippen LogP contribution in [0.4, 0.5) is 0 Å². The average molecular weight is 365 g/mol. The Labute approximate surface area is 151 Å². The standard InChI is InChI=1S/C18H21ClN2O4/c1-2-24-14-5-4-12(10-13(14)19)17(23)20-8-6-18-15(20)11-16(22)21(18)7-3-9-25-18/h4-5,10,15H,2-3,6-9,11H2,1H3/t15-,18+/m1/s1. The number of amides is 2. The summed E-state index contributed by atoms with van der Waals surface area (Å²) in [4.78, 5) is 29.0. The highest BCUT2D eigenvalue weighted by Crippen LogP contribution is 2.45. The number of benzene rings is 1. The molecule has 3 fully saturated rings. The number of likely N-dealkylation sites (tertiary alicyclic amines) is 1. The van der Waals surface area contributed by atoms with Crippen LogP contribution < -0.4 is 4.74 Å². The molecule has 1 spiro atoms. The zero-order valence-electron chi connectivity index (χ0n) is 14.2. The van der Waals surface area contributed by atoms with E-state index in [-0.39, 0.29) is 17.9 Å². The molecule has 0 bridgehead atoms. The molecule has 0 aromatic heterocycles. The molecule has 134 valence electrons. The number of nitrogens with zero attached hydrogens (tertiary/aromatic N) is 2. The minimum atomic E-state index is -0.625. The molecular formula is C18H21ClN2O4. The van der Waals surface area contributed by atoms with Gasteiger partial charge in [-0.2, -0.15) is 0 Å². The lowest BCUT2D eigenvalue weighted by Crippen LogP contribution is -2.56. The minimum absolute atomic E-state index is 0.0759. The molecule has 3 saturated heterocycles. The van der Waals surface area contributed by atoms with Gasteiger partial charge in [-0.15, -0.1) is 0 Å². The van der Waals surface area contributed by atoms with Crippen LogP contribution in [0.1, 0.15) is 36.5 Å². The van der Waals surface area contributed by atoms with Crippen molar-refractivity contribution in [1.29, 1.82) is 0 Å². The third kappa shape index (κ3) is 2.50. The molecule has 3 aliphatic rings. The first-order chi connectivity index (χ1) is 12.1. The smallest absolute Gasteiger partial charge is 0.254 e. The van der Waals surface area contributed by atoms with Crippen LogP contribution in [0.15, 0.2) is 18.2 Å². The molecule has 6 nitrogen and oxygen atoms in total. The van der Waals surface area contributed by atoms with Gasteiger partial charge in [0.25, 0.3) is 5.91 Å². The van der Waals surface area contributed by atoms with Gasteiger partial charge in [0.15, 0.2) is 5.72 Å². The molecule has 2 amide bonds. The van der Waals surface area contributed by atoms with Gasteiger partial charge in [0.05, 0.1) is 30.7 Å². The van der Waals surface area contributed by atoms with Crippen LogP contribution in [-0.2, 0) is 9.53 Å². The Bertz CT molecular complexity index is 725. The first-order valence-corrected chi connectivity index (χ1v) is 9.12. The van der Waals surface area contributed by atoms with Crippen molar-refractivity contribution < 1.29 is 19.1 Å². The van der Waals surface area contributed by atoms with Gasteiger partial charge >= 0.3 is 0 Å². The average Bonchev–Trinajstić information content (AvgIpc) is 3.08. The van der Waals surface area contributed by atoms with Crippen LogP contribution in [-0.4, -0.2) is 59.7 Å². The maximum atomic E-state index is 13.0. The number of ether oxygens (including phenoxy) is 2. The van der Waals surface area contributed by atoms with Crippen molar-refractivity contribution in [3.8, 4) is 5.75 Å². The molecule has 4 rings (SSSR count). The van der Waals surface area contributed by atoms with Crippen molar-refractivity contribution >= 4 is 23.4 Å². The second kappa shape index (κ2) is 6.18. The molecule has 0 radical (unpaired) electrons. The highest BCUT2D eigenvalue weighted by molar-refractivity contribution is 6.32. The summed E-state index contributed by atoms with van der Waals surface area (Å²) in [5.41, 5.74) is -0.118. The summed E-state index contributed by atoms with van der Waals surface area (Å²) in [6, 6.07) is 4.85. The van der Waals surface area contributed by atoms with Crippen molar-refractivity contribution in [1.82, 2.24) is 9.80 Å². The molecule has 1 aromatic rings. The quantitative estimate of drug-likeness (QED) is 0.825. The Kier molecular flexibility index (Phi) is 4.12. The highest BCUT2D eigenvalue weighted by Gasteiger charge is 2.61. The van der Waals surface area contributed by atoms with E-state index in [0.717, 1.165) is 6.42 Å². The Balaban J connectivity index is 1.59. The highest BCUT2D eigenvalue weighted by atomic mass is 35.5. The molecule has 3 aliphatic heterocycles. The molecule has 3 heterocycles. The molecule has 1 aromatic carbocycles. The fourth-order valence-electron chi connectivity index (χ4n) is 4.26. The van der Waals surface area contributed by atoms with Gasteiger partial charge in [-0.25, -0.2) is 0 Å². The van der Waals surface area contributed by atoms with Crippen molar-refractivity contribution in [2.75, 3.05) is 26.3 Å². The number of carbonyl (C=O) groups is 2. The van der Waals surface area contributed by atoms with E-state index in [2.05, 4.69) is 0 Å². The molecular weight excluding hydrogens is 344 g/mol. The number of hydrogen-bond donors (Lipinski definition) is 0. The van der Waals surface area contributed by atoms with Gasteiger partial charge in [0.2, 0.25) is 5.91 Å². The van der Waals surface area contributed by atoms with Crippen molar-refractivity contribution in [3.05, 3.63) is 28.8 Å². The number of halogens is 1. The summed E-state index contributed by atoms with van der Waals surface area (Å²) in [7, 11) is 0. The van der Waals surface area contributed by atoms with Gasteiger partial charge in [0, 0.05) is 25.1 Å². The van der Waals surface area contributed by atoms with Gasteiger partial charge in [-0.05, 0) is 31.5 Å². The van der Waals surface area contributed by atoms with Gasteiger partial charge in [0.1, 0.15) is 5.75 Å². The predicted octanol–water partition coefficient (Wildman–Crippen LogP) is 2.30. The Morgan fingerprint density at radius 3 is 3.04 bits per heavy atom. The summed E-state index contributed by atoms with van der Waals surface area (Å²) in [6.45, 7) is 4.33. The van der Waals surface area contributed by atoms with Crippen LogP contribution in [0.3, 0.4) is 0 Å². The van der Waals surface area contributed by atoms with Gasteiger partial charge < -0.3 is 19.3 Å². The lowest BCUT2D eigenvalue weighted by molar-refractivity contribution is -0.179. The molecule has 2 atom stereocenters. The second-order valence-electron chi connectivity index (χ2n) is 6.64. The summed E-state index contributed by atoms with van der Waals surface area (Å²) in [5, 5.41) is 0.416. The molecule has 0 saturated carbocycles. The van der Waals surface area contributed by atoms with Gasteiger partial charge in [-0.3, -0.25) is 9.59 Å². The van der Waals surface area contributed by atoms with Crippen LogP contribution in [0.2, 0.25) is 5.02 Å². The molecule has 0 aliphatic carbocycles. The lowest BCUT2D eigenvalue weighted by atomic mass is 10.0.